The molecule has 0 atom stereocenters. The minimum absolute atomic E-state index is 0.472. The summed E-state index contributed by atoms with van der Waals surface area (Å²) in [4.78, 5) is 2.42. The zero-order valence-electron chi connectivity index (χ0n) is 39.5. The Balaban J connectivity index is 0.993. The molecule has 12 aromatic rings. The smallest absolute Gasteiger partial charge is 0.0713 e. The van der Waals surface area contributed by atoms with Gasteiger partial charge < -0.3 is 14.0 Å². The third-order valence-electron chi connectivity index (χ3n) is 14.7. The van der Waals surface area contributed by atoms with Crippen molar-refractivity contribution >= 4 is 66.4 Å². The SMILES string of the molecule is C=C/C(=C\C=C/C)n1c2ccccc2c2cc(N(c3ccc(-c4ccc5c(c4)C(c4ccccc4)(c4ccccc4)c4ccccc4-5)cc3)c3ccc4c(c3)c3ccccc3n4-c3ccccc3)ccc21. The van der Waals surface area contributed by atoms with Gasteiger partial charge in [0.2, 0.25) is 0 Å². The Bertz CT molecular complexity index is 4020. The van der Waals surface area contributed by atoms with Crippen LogP contribution >= 0.6 is 0 Å². The van der Waals surface area contributed by atoms with Gasteiger partial charge in [0.1, 0.15) is 0 Å². The first-order valence-corrected chi connectivity index (χ1v) is 24.5. The van der Waals surface area contributed by atoms with Crippen LogP contribution in [0.5, 0.6) is 0 Å². The summed E-state index contributed by atoms with van der Waals surface area (Å²) in [7, 11) is 0. The topological polar surface area (TPSA) is 13.1 Å². The van der Waals surface area contributed by atoms with E-state index in [1.807, 2.05) is 13.0 Å². The minimum Gasteiger partial charge on any atom is -0.310 e. The number of benzene rings is 10. The van der Waals surface area contributed by atoms with Gasteiger partial charge in [-0.3, -0.25) is 0 Å². The van der Waals surface area contributed by atoms with Crippen molar-refractivity contribution in [2.24, 2.45) is 0 Å². The molecule has 0 radical (unpaired) electrons. The van der Waals surface area contributed by atoms with Crippen molar-refractivity contribution in [2.75, 3.05) is 4.90 Å². The van der Waals surface area contributed by atoms with Gasteiger partial charge in [-0.05, 0) is 142 Å². The fraction of sp³-hybridized carbons (Fsp3) is 0.0294. The van der Waals surface area contributed by atoms with Crippen molar-refractivity contribution in [3.05, 3.63) is 296 Å². The second-order valence-electron chi connectivity index (χ2n) is 18.4. The first-order chi connectivity index (χ1) is 35.1. The van der Waals surface area contributed by atoms with Crippen LogP contribution in [-0.4, -0.2) is 9.13 Å². The maximum atomic E-state index is 4.23. The Morgan fingerprint density at radius 3 is 1.62 bits per heavy atom. The molecule has 1 aliphatic rings. The van der Waals surface area contributed by atoms with Crippen molar-refractivity contribution in [1.82, 2.24) is 9.13 Å². The van der Waals surface area contributed by atoms with Crippen molar-refractivity contribution in [3.8, 4) is 27.9 Å². The van der Waals surface area contributed by atoms with E-state index in [-0.39, 0.29) is 0 Å². The third kappa shape index (κ3) is 6.58. The van der Waals surface area contributed by atoms with Gasteiger partial charge in [-0.1, -0.05) is 183 Å². The summed E-state index contributed by atoms with van der Waals surface area (Å²) < 4.78 is 4.71. The van der Waals surface area contributed by atoms with Gasteiger partial charge in [0.15, 0.2) is 0 Å². The van der Waals surface area contributed by atoms with E-state index >= 15 is 0 Å². The monoisotopic (exact) mass is 907 g/mol. The third-order valence-corrected chi connectivity index (χ3v) is 14.7. The molecule has 2 heterocycles. The van der Waals surface area contributed by atoms with E-state index in [1.165, 1.54) is 71.5 Å². The van der Waals surface area contributed by atoms with Gasteiger partial charge >= 0.3 is 0 Å². The number of hydrogen-bond acceptors (Lipinski definition) is 1. The molecule has 10 aromatic carbocycles. The second kappa shape index (κ2) is 17.1. The van der Waals surface area contributed by atoms with E-state index in [9.17, 15) is 0 Å². The summed E-state index contributed by atoms with van der Waals surface area (Å²) in [6.07, 6.45) is 8.20. The first kappa shape index (κ1) is 42.0. The van der Waals surface area contributed by atoms with Crippen LogP contribution in [0.3, 0.4) is 0 Å². The van der Waals surface area contributed by atoms with E-state index < -0.39 is 5.41 Å². The number of rotatable bonds is 10. The lowest BCUT2D eigenvalue weighted by Crippen LogP contribution is -2.28. The average Bonchev–Trinajstić information content (AvgIpc) is 4.06. The molecule has 336 valence electrons. The Labute approximate surface area is 414 Å². The average molecular weight is 908 g/mol. The highest BCUT2D eigenvalue weighted by atomic mass is 15.1. The molecule has 0 spiro atoms. The molecule has 1 aliphatic carbocycles. The number of fused-ring (bicyclic) bond motifs is 9. The summed E-state index contributed by atoms with van der Waals surface area (Å²) >= 11 is 0. The Kier molecular flexibility index (Phi) is 10.1. The molecule has 3 heteroatoms. The highest BCUT2D eigenvalue weighted by Gasteiger charge is 2.46. The van der Waals surface area contributed by atoms with Crippen LogP contribution in [0.1, 0.15) is 29.2 Å². The molecule has 3 nitrogen and oxygen atoms in total. The van der Waals surface area contributed by atoms with Crippen LogP contribution in [0.4, 0.5) is 17.1 Å². The Hall–Kier alpha value is -9.18. The van der Waals surface area contributed by atoms with Crippen LogP contribution in [0, 0.1) is 0 Å². The predicted octanol–water partition coefficient (Wildman–Crippen LogP) is 18.0. The molecule has 0 aliphatic heterocycles. The molecular weight excluding hydrogens is 859 g/mol. The summed E-state index contributed by atoms with van der Waals surface area (Å²) in [6.45, 7) is 6.28. The number of allylic oxidation sites excluding steroid dienone is 5. The quantitative estimate of drug-likeness (QED) is 0.125. The number of hydrogen-bond donors (Lipinski definition) is 0. The van der Waals surface area contributed by atoms with Gasteiger partial charge in [0.05, 0.1) is 27.5 Å². The highest BCUT2D eigenvalue weighted by molar-refractivity contribution is 6.13. The van der Waals surface area contributed by atoms with Crippen molar-refractivity contribution in [2.45, 2.75) is 12.3 Å². The zero-order valence-corrected chi connectivity index (χ0v) is 39.5. The second-order valence-corrected chi connectivity index (χ2v) is 18.4. The zero-order chi connectivity index (χ0) is 47.5. The van der Waals surface area contributed by atoms with E-state index in [0.717, 1.165) is 45.0 Å². The van der Waals surface area contributed by atoms with E-state index in [4.69, 9.17) is 0 Å². The number of nitrogens with zero attached hydrogens (tertiary/aromatic N) is 3. The number of para-hydroxylation sites is 3. The summed E-state index contributed by atoms with van der Waals surface area (Å²) in [5.74, 6) is 0. The van der Waals surface area contributed by atoms with Crippen molar-refractivity contribution in [1.29, 1.82) is 0 Å². The lowest BCUT2D eigenvalue weighted by Gasteiger charge is -2.34. The van der Waals surface area contributed by atoms with E-state index in [1.54, 1.807) is 0 Å². The molecule has 0 bridgehead atoms. The maximum Gasteiger partial charge on any atom is 0.0713 e. The fourth-order valence-corrected chi connectivity index (χ4v) is 11.6. The van der Waals surface area contributed by atoms with E-state index in [0.29, 0.717) is 0 Å². The van der Waals surface area contributed by atoms with Crippen LogP contribution in [0.25, 0.3) is 77.2 Å². The molecule has 71 heavy (non-hydrogen) atoms. The summed E-state index contributed by atoms with van der Waals surface area (Å²) in [5, 5.41) is 4.78. The minimum atomic E-state index is -0.472. The van der Waals surface area contributed by atoms with Crippen LogP contribution < -0.4 is 4.90 Å². The van der Waals surface area contributed by atoms with Crippen molar-refractivity contribution < 1.29 is 0 Å². The normalized spacial score (nSPS) is 13.1. The molecule has 2 aromatic heterocycles. The Morgan fingerprint density at radius 1 is 0.437 bits per heavy atom. The lowest BCUT2D eigenvalue weighted by atomic mass is 9.67. The maximum absolute atomic E-state index is 4.23. The van der Waals surface area contributed by atoms with Gasteiger partial charge in [-0.25, -0.2) is 0 Å². The van der Waals surface area contributed by atoms with Crippen LogP contribution in [0.15, 0.2) is 274 Å². The first-order valence-electron chi connectivity index (χ1n) is 24.5. The van der Waals surface area contributed by atoms with Gasteiger partial charge in [-0.2, -0.15) is 0 Å². The molecule has 0 N–H and O–H groups in total. The molecular formula is C68H49N3. The molecule has 0 unspecified atom stereocenters. The van der Waals surface area contributed by atoms with Crippen LogP contribution in [-0.2, 0) is 5.41 Å². The molecule has 0 saturated heterocycles. The molecule has 0 fully saturated rings. The molecule has 0 saturated carbocycles. The van der Waals surface area contributed by atoms with Gasteiger partial charge in [0.25, 0.3) is 0 Å². The van der Waals surface area contributed by atoms with Gasteiger partial charge in [0, 0.05) is 50.0 Å². The van der Waals surface area contributed by atoms with Gasteiger partial charge in [-0.15, -0.1) is 0 Å². The molecule has 13 rings (SSSR count). The Morgan fingerprint density at radius 2 is 0.944 bits per heavy atom. The predicted molar refractivity (Wildman–Crippen MR) is 300 cm³/mol. The summed E-state index contributed by atoms with van der Waals surface area (Å²) in [6, 6.07) is 89.3. The highest BCUT2D eigenvalue weighted by Crippen LogP contribution is 2.57. The fourth-order valence-electron chi connectivity index (χ4n) is 11.6. The lowest BCUT2D eigenvalue weighted by molar-refractivity contribution is 0.769. The molecule has 0 amide bonds. The van der Waals surface area contributed by atoms with E-state index in [2.05, 4.69) is 281 Å². The number of aromatic nitrogens is 2. The largest absolute Gasteiger partial charge is 0.310 e. The summed E-state index contributed by atoms with van der Waals surface area (Å²) in [5.41, 5.74) is 19.6. The van der Waals surface area contributed by atoms with Crippen LogP contribution in [0.2, 0.25) is 0 Å². The standard InChI is InChI=1S/C68H49N3/c1-3-5-25-51(4-2)70-64-32-19-16-29-58(64)60-45-54(39-42-66(60)70)69(55-40-43-67-61(46-55)59-30-17-20-33-65(59)71(67)52-26-13-8-14-27-52)53-37-34-47(35-38-53)48-36-41-57-56-28-15-18-31-62(56)68(63(57)44-48,49-21-9-6-10-22-49)50-23-11-7-12-24-50/h3-46H,2H2,1H3/b5-3-,51-25+. The number of anilines is 3. The van der Waals surface area contributed by atoms with Crippen molar-refractivity contribution in [3.63, 3.8) is 0 Å².